The molecule has 0 fully saturated rings. The normalized spacial score (nSPS) is 13.2. The molecule has 0 unspecified atom stereocenters. The summed E-state index contributed by atoms with van der Waals surface area (Å²) < 4.78 is 5.14. The van der Waals surface area contributed by atoms with Crippen molar-refractivity contribution in [2.24, 2.45) is 17.6 Å². The number of alkyl carbamates (subject to hydrolysis) is 1. The maximum atomic E-state index is 12.4. The van der Waals surface area contributed by atoms with Gasteiger partial charge in [0.1, 0.15) is 18.7 Å². The highest BCUT2D eigenvalue weighted by molar-refractivity contribution is 5.91. The van der Waals surface area contributed by atoms with Crippen molar-refractivity contribution in [3.05, 3.63) is 35.9 Å². The molecule has 1 aromatic rings. The number of nitrogens with two attached hydrogens (primary N) is 1. The maximum Gasteiger partial charge on any atom is 0.408 e. The van der Waals surface area contributed by atoms with Crippen LogP contribution in [-0.2, 0) is 20.9 Å². The Morgan fingerprint density at radius 3 is 2.00 bits per heavy atom. The first-order valence-corrected chi connectivity index (χ1v) is 8.29. The minimum atomic E-state index is -0.830. The van der Waals surface area contributed by atoms with Gasteiger partial charge in [-0.05, 0) is 17.4 Å². The largest absolute Gasteiger partial charge is 0.445 e. The average molecular weight is 349 g/mol. The molecule has 7 nitrogen and oxygen atoms in total. The van der Waals surface area contributed by atoms with Crippen molar-refractivity contribution in [2.45, 2.75) is 46.4 Å². The number of rotatable bonds is 8. The molecule has 0 saturated carbocycles. The second kappa shape index (κ2) is 9.66. The first kappa shape index (κ1) is 20.5. The Hall–Kier alpha value is -2.57. The van der Waals surface area contributed by atoms with E-state index < -0.39 is 30.0 Å². The van der Waals surface area contributed by atoms with Crippen LogP contribution in [0.15, 0.2) is 30.3 Å². The molecule has 0 aliphatic carbocycles. The van der Waals surface area contributed by atoms with Crippen LogP contribution in [-0.4, -0.2) is 30.0 Å². The van der Waals surface area contributed by atoms with E-state index in [1.165, 1.54) is 0 Å². The van der Waals surface area contributed by atoms with E-state index in [1.807, 2.05) is 30.3 Å². The van der Waals surface area contributed by atoms with E-state index in [4.69, 9.17) is 10.5 Å². The summed E-state index contributed by atoms with van der Waals surface area (Å²) in [7, 11) is 0. The van der Waals surface area contributed by atoms with Gasteiger partial charge in [0, 0.05) is 0 Å². The zero-order valence-corrected chi connectivity index (χ0v) is 15.1. The van der Waals surface area contributed by atoms with E-state index in [-0.39, 0.29) is 18.4 Å². The van der Waals surface area contributed by atoms with E-state index in [9.17, 15) is 14.4 Å². The fourth-order valence-electron chi connectivity index (χ4n) is 2.24. The van der Waals surface area contributed by atoms with Gasteiger partial charge in [-0.1, -0.05) is 58.0 Å². The van der Waals surface area contributed by atoms with Crippen LogP contribution in [0.5, 0.6) is 0 Å². The Bertz CT molecular complexity index is 587. The minimum absolute atomic E-state index is 0.106. The molecule has 0 bridgehead atoms. The second-order valence-electron chi connectivity index (χ2n) is 6.56. The summed E-state index contributed by atoms with van der Waals surface area (Å²) in [4.78, 5) is 35.9. The fourth-order valence-corrected chi connectivity index (χ4v) is 2.24. The number of benzene rings is 1. The van der Waals surface area contributed by atoms with Gasteiger partial charge in [0.05, 0.1) is 0 Å². The third-order valence-corrected chi connectivity index (χ3v) is 3.71. The highest BCUT2D eigenvalue weighted by atomic mass is 16.5. The molecule has 0 aromatic heterocycles. The molecule has 0 radical (unpaired) electrons. The summed E-state index contributed by atoms with van der Waals surface area (Å²) in [6.07, 6.45) is -0.696. The van der Waals surface area contributed by atoms with Crippen molar-refractivity contribution in [2.75, 3.05) is 0 Å². The Kier molecular flexibility index (Phi) is 7.91. The molecular weight excluding hydrogens is 322 g/mol. The SMILES string of the molecule is CC(C)[C@H](NC(=O)[C@@H](NC(=O)OCc1ccccc1)C(C)C)C(N)=O. The minimum Gasteiger partial charge on any atom is -0.445 e. The van der Waals surface area contributed by atoms with Crippen molar-refractivity contribution >= 4 is 17.9 Å². The Morgan fingerprint density at radius 2 is 1.52 bits per heavy atom. The van der Waals surface area contributed by atoms with E-state index in [1.54, 1.807) is 27.7 Å². The number of hydrogen-bond donors (Lipinski definition) is 3. The first-order valence-electron chi connectivity index (χ1n) is 8.29. The monoisotopic (exact) mass is 349 g/mol. The predicted molar refractivity (Wildman–Crippen MR) is 94.4 cm³/mol. The molecule has 0 heterocycles. The van der Waals surface area contributed by atoms with Crippen LogP contribution < -0.4 is 16.4 Å². The van der Waals surface area contributed by atoms with Crippen LogP contribution in [0.25, 0.3) is 0 Å². The van der Waals surface area contributed by atoms with Gasteiger partial charge in [-0.15, -0.1) is 0 Å². The number of nitrogens with one attached hydrogen (secondary N) is 2. The maximum absolute atomic E-state index is 12.4. The summed E-state index contributed by atoms with van der Waals surface area (Å²) in [5.41, 5.74) is 6.15. The van der Waals surface area contributed by atoms with Crippen LogP contribution in [0, 0.1) is 11.8 Å². The molecule has 0 saturated heterocycles. The summed E-state index contributed by atoms with van der Waals surface area (Å²) in [5.74, 6) is -1.43. The molecule has 25 heavy (non-hydrogen) atoms. The molecule has 0 spiro atoms. The zero-order chi connectivity index (χ0) is 19.0. The Labute approximate surface area is 148 Å². The van der Waals surface area contributed by atoms with Crippen LogP contribution in [0.4, 0.5) is 4.79 Å². The lowest BCUT2D eigenvalue weighted by Gasteiger charge is -2.25. The fraction of sp³-hybridized carbons (Fsp3) is 0.500. The van der Waals surface area contributed by atoms with Crippen molar-refractivity contribution in [3.8, 4) is 0 Å². The van der Waals surface area contributed by atoms with Gasteiger partial charge in [0.15, 0.2) is 0 Å². The molecule has 138 valence electrons. The van der Waals surface area contributed by atoms with E-state index in [0.717, 1.165) is 5.56 Å². The Balaban J connectivity index is 2.64. The molecule has 3 amide bonds. The number of carbonyl (C=O) groups is 3. The van der Waals surface area contributed by atoms with E-state index in [2.05, 4.69) is 10.6 Å². The Morgan fingerprint density at radius 1 is 0.960 bits per heavy atom. The number of amides is 3. The molecular formula is C18H27N3O4. The van der Waals surface area contributed by atoms with Crippen LogP contribution in [0.1, 0.15) is 33.3 Å². The summed E-state index contributed by atoms with van der Waals surface area (Å²) >= 11 is 0. The molecule has 1 aromatic carbocycles. The molecule has 0 aliphatic rings. The van der Waals surface area contributed by atoms with Gasteiger partial charge >= 0.3 is 6.09 Å². The van der Waals surface area contributed by atoms with Crippen molar-refractivity contribution in [1.29, 1.82) is 0 Å². The standard InChI is InChI=1S/C18H27N3O4/c1-11(2)14(16(19)22)20-17(23)15(12(3)4)21-18(24)25-10-13-8-6-5-7-9-13/h5-9,11-12,14-15H,10H2,1-4H3,(H2,19,22)(H,20,23)(H,21,24)/t14-,15-/m0/s1. The lowest BCUT2D eigenvalue weighted by atomic mass is 10.00. The quantitative estimate of drug-likeness (QED) is 0.661. The van der Waals surface area contributed by atoms with Crippen molar-refractivity contribution < 1.29 is 19.1 Å². The number of ether oxygens (including phenoxy) is 1. The van der Waals surface area contributed by atoms with E-state index >= 15 is 0 Å². The summed E-state index contributed by atoms with van der Waals surface area (Å²) in [5, 5.41) is 5.14. The summed E-state index contributed by atoms with van der Waals surface area (Å²) in [6, 6.07) is 7.60. The highest BCUT2D eigenvalue weighted by Gasteiger charge is 2.29. The lowest BCUT2D eigenvalue weighted by molar-refractivity contribution is -0.130. The smallest absolute Gasteiger partial charge is 0.408 e. The van der Waals surface area contributed by atoms with Crippen LogP contribution in [0.3, 0.4) is 0 Å². The van der Waals surface area contributed by atoms with Crippen LogP contribution >= 0.6 is 0 Å². The molecule has 0 aliphatic heterocycles. The van der Waals surface area contributed by atoms with Gasteiger partial charge in [-0.2, -0.15) is 0 Å². The molecule has 1 rings (SSSR count). The third kappa shape index (κ3) is 6.82. The second-order valence-corrected chi connectivity index (χ2v) is 6.56. The predicted octanol–water partition coefficient (Wildman–Crippen LogP) is 1.56. The average Bonchev–Trinajstić information content (AvgIpc) is 2.55. The molecule has 4 N–H and O–H groups in total. The van der Waals surface area contributed by atoms with Crippen LogP contribution in [0.2, 0.25) is 0 Å². The van der Waals surface area contributed by atoms with Gasteiger partial charge in [-0.3, -0.25) is 9.59 Å². The first-order chi connectivity index (χ1) is 11.7. The van der Waals surface area contributed by atoms with Crippen molar-refractivity contribution in [1.82, 2.24) is 10.6 Å². The molecule has 7 heteroatoms. The zero-order valence-electron chi connectivity index (χ0n) is 15.1. The third-order valence-electron chi connectivity index (χ3n) is 3.71. The number of primary amides is 1. The molecule has 2 atom stereocenters. The van der Waals surface area contributed by atoms with Gasteiger partial charge in [0.25, 0.3) is 0 Å². The van der Waals surface area contributed by atoms with Gasteiger partial charge in [-0.25, -0.2) is 4.79 Å². The summed E-state index contributed by atoms with van der Waals surface area (Å²) in [6.45, 7) is 7.24. The number of carbonyl (C=O) groups excluding carboxylic acids is 3. The number of hydrogen-bond acceptors (Lipinski definition) is 4. The van der Waals surface area contributed by atoms with Gasteiger partial charge in [0.2, 0.25) is 11.8 Å². The van der Waals surface area contributed by atoms with E-state index in [0.29, 0.717) is 0 Å². The highest BCUT2D eigenvalue weighted by Crippen LogP contribution is 2.07. The topological polar surface area (TPSA) is 111 Å². The lowest BCUT2D eigenvalue weighted by Crippen LogP contribution is -2.56. The van der Waals surface area contributed by atoms with Gasteiger partial charge < -0.3 is 21.1 Å². The van der Waals surface area contributed by atoms with Crippen molar-refractivity contribution in [3.63, 3.8) is 0 Å².